The van der Waals surface area contributed by atoms with Gasteiger partial charge >= 0.3 is 0 Å². The van der Waals surface area contributed by atoms with E-state index in [1.165, 1.54) is 50.5 Å². The van der Waals surface area contributed by atoms with Crippen LogP contribution in [-0.4, -0.2) is 7.05 Å². The van der Waals surface area contributed by atoms with Crippen LogP contribution in [0.2, 0.25) is 10.0 Å². The summed E-state index contributed by atoms with van der Waals surface area (Å²) in [5.74, 6) is 0.684. The van der Waals surface area contributed by atoms with Gasteiger partial charge in [-0.15, -0.1) is 0 Å². The summed E-state index contributed by atoms with van der Waals surface area (Å²) < 4.78 is 0. The van der Waals surface area contributed by atoms with Gasteiger partial charge in [0.05, 0.1) is 0 Å². The number of halogens is 2. The van der Waals surface area contributed by atoms with Gasteiger partial charge in [-0.25, -0.2) is 0 Å². The Labute approximate surface area is 126 Å². The molecule has 0 saturated heterocycles. The van der Waals surface area contributed by atoms with Crippen molar-refractivity contribution in [3.63, 3.8) is 0 Å². The van der Waals surface area contributed by atoms with Crippen LogP contribution in [0.1, 0.15) is 56.6 Å². The van der Waals surface area contributed by atoms with E-state index in [-0.39, 0.29) is 0 Å². The summed E-state index contributed by atoms with van der Waals surface area (Å²) in [7, 11) is 2.04. The fraction of sp³-hybridized carbons (Fsp3) is 0.625. The standard InChI is InChI=1S/C16H23Cl2N/c1-19-16(12-7-5-3-2-4-6-8-12)14-10-9-13(17)11-15(14)18/h9-12,16,19H,2-8H2,1H3. The van der Waals surface area contributed by atoms with Crippen molar-refractivity contribution in [3.8, 4) is 0 Å². The molecule has 1 aliphatic rings. The van der Waals surface area contributed by atoms with Crippen LogP contribution in [-0.2, 0) is 0 Å². The van der Waals surface area contributed by atoms with Crippen molar-refractivity contribution in [2.45, 2.75) is 51.0 Å². The van der Waals surface area contributed by atoms with Crippen LogP contribution in [0.25, 0.3) is 0 Å². The van der Waals surface area contributed by atoms with Crippen molar-refractivity contribution in [2.24, 2.45) is 5.92 Å². The van der Waals surface area contributed by atoms with Gasteiger partial charge in [0.25, 0.3) is 0 Å². The molecule has 0 spiro atoms. The lowest BCUT2D eigenvalue weighted by atomic mass is 9.83. The molecule has 1 unspecified atom stereocenters. The molecule has 0 aromatic heterocycles. The molecular weight excluding hydrogens is 277 g/mol. The van der Waals surface area contributed by atoms with E-state index >= 15 is 0 Å². The molecule has 0 radical (unpaired) electrons. The van der Waals surface area contributed by atoms with Gasteiger partial charge in [-0.3, -0.25) is 0 Å². The molecule has 2 rings (SSSR count). The SMILES string of the molecule is CNC(c1ccc(Cl)cc1Cl)C1CCCCCCC1. The third-order valence-corrected chi connectivity index (χ3v) is 4.79. The van der Waals surface area contributed by atoms with Crippen LogP contribution in [0.3, 0.4) is 0 Å². The van der Waals surface area contributed by atoms with E-state index in [0.717, 1.165) is 5.02 Å². The van der Waals surface area contributed by atoms with Gasteiger partial charge in [-0.1, -0.05) is 61.4 Å². The fourth-order valence-corrected chi connectivity index (χ4v) is 3.75. The molecule has 1 aromatic rings. The topological polar surface area (TPSA) is 12.0 Å². The largest absolute Gasteiger partial charge is 0.313 e. The summed E-state index contributed by atoms with van der Waals surface area (Å²) in [5.41, 5.74) is 1.19. The number of benzene rings is 1. The van der Waals surface area contributed by atoms with E-state index in [9.17, 15) is 0 Å². The third kappa shape index (κ3) is 4.11. The van der Waals surface area contributed by atoms with Crippen LogP contribution in [0.4, 0.5) is 0 Å². The van der Waals surface area contributed by atoms with Gasteiger partial charge in [-0.2, -0.15) is 0 Å². The summed E-state index contributed by atoms with van der Waals surface area (Å²) in [4.78, 5) is 0. The van der Waals surface area contributed by atoms with Gasteiger partial charge in [0.1, 0.15) is 0 Å². The van der Waals surface area contributed by atoms with Gasteiger partial charge in [-0.05, 0) is 43.5 Å². The van der Waals surface area contributed by atoms with Crippen molar-refractivity contribution >= 4 is 23.2 Å². The highest BCUT2D eigenvalue weighted by atomic mass is 35.5. The Morgan fingerprint density at radius 2 is 1.68 bits per heavy atom. The zero-order valence-electron chi connectivity index (χ0n) is 11.6. The average Bonchev–Trinajstić information content (AvgIpc) is 2.34. The summed E-state index contributed by atoms with van der Waals surface area (Å²) >= 11 is 12.4. The summed E-state index contributed by atoms with van der Waals surface area (Å²) in [5, 5.41) is 4.96. The Morgan fingerprint density at radius 1 is 1.05 bits per heavy atom. The molecule has 1 saturated carbocycles. The van der Waals surface area contributed by atoms with E-state index < -0.39 is 0 Å². The molecule has 1 fully saturated rings. The second-order valence-corrected chi connectivity index (χ2v) is 6.38. The zero-order chi connectivity index (χ0) is 13.7. The Kier molecular flexibility index (Phi) is 6.00. The summed E-state index contributed by atoms with van der Waals surface area (Å²) in [6, 6.07) is 6.22. The molecule has 106 valence electrons. The highest BCUT2D eigenvalue weighted by Gasteiger charge is 2.24. The molecule has 3 heteroatoms. The Bertz CT molecular complexity index is 398. The first-order chi connectivity index (χ1) is 9.22. The Balaban J connectivity index is 2.17. The molecule has 0 heterocycles. The summed E-state index contributed by atoms with van der Waals surface area (Å²) in [6.07, 6.45) is 9.43. The molecule has 1 N–H and O–H groups in total. The minimum Gasteiger partial charge on any atom is -0.313 e. The van der Waals surface area contributed by atoms with E-state index in [1.54, 1.807) is 0 Å². The van der Waals surface area contributed by atoms with Gasteiger partial charge in [0.15, 0.2) is 0 Å². The Hall–Kier alpha value is -0.240. The highest BCUT2D eigenvalue weighted by Crippen LogP contribution is 2.36. The lowest BCUT2D eigenvalue weighted by molar-refractivity contribution is 0.299. The molecule has 0 amide bonds. The van der Waals surface area contributed by atoms with E-state index in [2.05, 4.69) is 11.4 Å². The molecule has 1 aromatic carbocycles. The minimum atomic E-state index is 0.350. The maximum atomic E-state index is 6.37. The number of rotatable bonds is 3. The molecule has 1 atom stereocenters. The molecule has 1 aliphatic carbocycles. The fourth-order valence-electron chi connectivity index (χ4n) is 3.22. The summed E-state index contributed by atoms with van der Waals surface area (Å²) in [6.45, 7) is 0. The minimum absolute atomic E-state index is 0.350. The Morgan fingerprint density at radius 3 is 2.26 bits per heavy atom. The smallest absolute Gasteiger partial charge is 0.0468 e. The lowest BCUT2D eigenvalue weighted by Gasteiger charge is -2.29. The van der Waals surface area contributed by atoms with E-state index in [0.29, 0.717) is 17.0 Å². The monoisotopic (exact) mass is 299 g/mol. The number of hydrogen-bond donors (Lipinski definition) is 1. The third-order valence-electron chi connectivity index (χ3n) is 4.23. The first-order valence-corrected chi connectivity index (χ1v) is 8.10. The van der Waals surface area contributed by atoms with Crippen LogP contribution < -0.4 is 5.32 Å². The molecule has 0 aliphatic heterocycles. The van der Waals surface area contributed by atoms with Crippen LogP contribution >= 0.6 is 23.2 Å². The predicted molar refractivity (Wildman–Crippen MR) is 84.1 cm³/mol. The second kappa shape index (κ2) is 7.52. The van der Waals surface area contributed by atoms with Gasteiger partial charge in [0.2, 0.25) is 0 Å². The maximum absolute atomic E-state index is 6.37. The van der Waals surface area contributed by atoms with Crippen molar-refractivity contribution in [1.29, 1.82) is 0 Å². The maximum Gasteiger partial charge on any atom is 0.0468 e. The first kappa shape index (κ1) is 15.2. The first-order valence-electron chi connectivity index (χ1n) is 7.34. The highest BCUT2D eigenvalue weighted by molar-refractivity contribution is 6.35. The zero-order valence-corrected chi connectivity index (χ0v) is 13.1. The van der Waals surface area contributed by atoms with Crippen molar-refractivity contribution in [3.05, 3.63) is 33.8 Å². The molecule has 19 heavy (non-hydrogen) atoms. The van der Waals surface area contributed by atoms with E-state index in [1.807, 2.05) is 19.2 Å². The molecular formula is C16H23Cl2N. The number of nitrogens with one attached hydrogen (secondary N) is 1. The van der Waals surface area contributed by atoms with Crippen LogP contribution in [0.5, 0.6) is 0 Å². The molecule has 1 nitrogen and oxygen atoms in total. The predicted octanol–water partition coefficient (Wildman–Crippen LogP) is 5.61. The van der Waals surface area contributed by atoms with Crippen LogP contribution in [0.15, 0.2) is 18.2 Å². The van der Waals surface area contributed by atoms with E-state index in [4.69, 9.17) is 23.2 Å². The van der Waals surface area contributed by atoms with Crippen molar-refractivity contribution < 1.29 is 0 Å². The number of hydrogen-bond acceptors (Lipinski definition) is 1. The normalized spacial score (nSPS) is 19.7. The molecule has 0 bridgehead atoms. The van der Waals surface area contributed by atoms with Crippen molar-refractivity contribution in [1.82, 2.24) is 5.32 Å². The van der Waals surface area contributed by atoms with Gasteiger partial charge < -0.3 is 5.32 Å². The quantitative estimate of drug-likeness (QED) is 0.764. The van der Waals surface area contributed by atoms with Gasteiger partial charge in [0, 0.05) is 16.1 Å². The average molecular weight is 300 g/mol. The van der Waals surface area contributed by atoms with Crippen molar-refractivity contribution in [2.75, 3.05) is 7.05 Å². The van der Waals surface area contributed by atoms with Crippen LogP contribution in [0, 0.1) is 5.92 Å². The lowest BCUT2D eigenvalue weighted by Crippen LogP contribution is -2.26. The second-order valence-electron chi connectivity index (χ2n) is 5.54.